The summed E-state index contributed by atoms with van der Waals surface area (Å²) in [7, 11) is 0. The molecule has 0 aromatic rings. The Labute approximate surface area is 115 Å². The van der Waals surface area contributed by atoms with E-state index in [0.29, 0.717) is 12.5 Å². The third-order valence-corrected chi connectivity index (χ3v) is 3.95. The highest BCUT2D eigenvalue weighted by atomic mass is 16.2. The Morgan fingerprint density at radius 3 is 2.95 bits per heavy atom. The maximum absolute atomic E-state index is 12.3. The molecule has 0 aliphatic carbocycles. The van der Waals surface area contributed by atoms with Crippen LogP contribution in [0.15, 0.2) is 0 Å². The smallest absolute Gasteiger partial charge is 0.245 e. The minimum absolute atomic E-state index is 0.121. The van der Waals surface area contributed by atoms with Gasteiger partial charge in [-0.15, -0.1) is 0 Å². The lowest BCUT2D eigenvalue weighted by Gasteiger charge is -2.37. The number of hydrogen-bond acceptors (Lipinski definition) is 3. The Morgan fingerprint density at radius 2 is 2.21 bits per heavy atom. The highest BCUT2D eigenvalue weighted by Gasteiger charge is 2.41. The zero-order chi connectivity index (χ0) is 13.8. The summed E-state index contributed by atoms with van der Waals surface area (Å²) in [5, 5.41) is 3.36. The van der Waals surface area contributed by atoms with Crippen molar-refractivity contribution in [3.8, 4) is 0 Å². The van der Waals surface area contributed by atoms with Crippen molar-refractivity contribution < 1.29 is 9.59 Å². The topological polar surface area (TPSA) is 52.7 Å². The van der Waals surface area contributed by atoms with Crippen molar-refractivity contribution in [2.75, 3.05) is 32.7 Å². The highest BCUT2D eigenvalue weighted by molar-refractivity contribution is 5.95. The molecule has 0 saturated carbocycles. The second-order valence-electron chi connectivity index (χ2n) is 5.77. The second kappa shape index (κ2) is 6.37. The maximum atomic E-state index is 12.3. The fourth-order valence-electron chi connectivity index (χ4n) is 2.99. The standard InChI is InChI=1S/C14H25N3O2/c1-3-6-15-8-11(2)9-16-10-13(18)17-7-4-5-12(17)14(16)19/h11-12,15H,3-10H2,1-2H3. The Balaban J connectivity index is 1.86. The SMILES string of the molecule is CCCNCC(C)CN1CC(=O)N2CCCC2C1=O. The lowest BCUT2D eigenvalue weighted by molar-refractivity contribution is -0.154. The maximum Gasteiger partial charge on any atom is 0.245 e. The van der Waals surface area contributed by atoms with E-state index in [1.54, 1.807) is 9.80 Å². The van der Waals surface area contributed by atoms with E-state index in [9.17, 15) is 9.59 Å². The number of carbonyl (C=O) groups is 2. The van der Waals surface area contributed by atoms with Crippen LogP contribution in [0.4, 0.5) is 0 Å². The van der Waals surface area contributed by atoms with Crippen LogP contribution in [0, 0.1) is 5.92 Å². The fraction of sp³-hybridized carbons (Fsp3) is 0.857. The molecule has 0 aromatic carbocycles. The molecular formula is C14H25N3O2. The van der Waals surface area contributed by atoms with Gasteiger partial charge in [0.15, 0.2) is 0 Å². The lowest BCUT2D eigenvalue weighted by atomic mass is 10.1. The Kier molecular flexibility index (Phi) is 4.80. The number of amides is 2. The first kappa shape index (κ1) is 14.3. The van der Waals surface area contributed by atoms with Gasteiger partial charge in [-0.2, -0.15) is 0 Å². The van der Waals surface area contributed by atoms with Crippen molar-refractivity contribution in [3.63, 3.8) is 0 Å². The minimum Gasteiger partial charge on any atom is -0.331 e. The molecule has 1 N–H and O–H groups in total. The third-order valence-electron chi connectivity index (χ3n) is 3.95. The predicted molar refractivity (Wildman–Crippen MR) is 73.6 cm³/mol. The number of nitrogens with one attached hydrogen (secondary N) is 1. The van der Waals surface area contributed by atoms with Crippen molar-refractivity contribution >= 4 is 11.8 Å². The van der Waals surface area contributed by atoms with Crippen molar-refractivity contribution in [3.05, 3.63) is 0 Å². The Bertz CT molecular complexity index is 346. The van der Waals surface area contributed by atoms with E-state index < -0.39 is 0 Å². The van der Waals surface area contributed by atoms with Crippen LogP contribution in [0.5, 0.6) is 0 Å². The second-order valence-corrected chi connectivity index (χ2v) is 5.77. The molecule has 2 rings (SSSR count). The van der Waals surface area contributed by atoms with E-state index in [4.69, 9.17) is 0 Å². The van der Waals surface area contributed by atoms with Gasteiger partial charge in [-0.1, -0.05) is 13.8 Å². The molecular weight excluding hydrogens is 242 g/mol. The van der Waals surface area contributed by atoms with Crippen molar-refractivity contribution in [2.45, 2.75) is 39.2 Å². The van der Waals surface area contributed by atoms with E-state index >= 15 is 0 Å². The molecule has 0 radical (unpaired) electrons. The zero-order valence-electron chi connectivity index (χ0n) is 12.0. The number of piperazine rings is 1. The average Bonchev–Trinajstić information content (AvgIpc) is 2.86. The lowest BCUT2D eigenvalue weighted by Crippen LogP contribution is -2.58. The highest BCUT2D eigenvalue weighted by Crippen LogP contribution is 2.23. The largest absolute Gasteiger partial charge is 0.331 e. The number of rotatable bonds is 6. The van der Waals surface area contributed by atoms with Gasteiger partial charge in [0, 0.05) is 13.1 Å². The van der Waals surface area contributed by atoms with Gasteiger partial charge in [0.1, 0.15) is 6.04 Å². The molecule has 108 valence electrons. The van der Waals surface area contributed by atoms with Crippen LogP contribution in [0.1, 0.15) is 33.1 Å². The number of nitrogens with zero attached hydrogens (tertiary/aromatic N) is 2. The summed E-state index contributed by atoms with van der Waals surface area (Å²) in [5.41, 5.74) is 0. The summed E-state index contributed by atoms with van der Waals surface area (Å²) in [5.74, 6) is 0.659. The van der Waals surface area contributed by atoms with Gasteiger partial charge in [-0.3, -0.25) is 9.59 Å². The van der Waals surface area contributed by atoms with E-state index in [0.717, 1.165) is 38.9 Å². The van der Waals surface area contributed by atoms with E-state index in [1.165, 1.54) is 0 Å². The first-order chi connectivity index (χ1) is 9.13. The van der Waals surface area contributed by atoms with Crippen LogP contribution >= 0.6 is 0 Å². The zero-order valence-corrected chi connectivity index (χ0v) is 12.0. The summed E-state index contributed by atoms with van der Waals surface area (Å²) < 4.78 is 0. The summed E-state index contributed by atoms with van der Waals surface area (Å²) in [6.45, 7) is 7.89. The predicted octanol–water partition coefficient (Wildman–Crippen LogP) is 0.455. The van der Waals surface area contributed by atoms with Crippen molar-refractivity contribution in [1.82, 2.24) is 15.1 Å². The normalized spacial score (nSPS) is 24.8. The molecule has 0 aromatic heterocycles. The minimum atomic E-state index is -0.169. The average molecular weight is 267 g/mol. The van der Waals surface area contributed by atoms with Gasteiger partial charge in [0.05, 0.1) is 6.54 Å². The van der Waals surface area contributed by atoms with E-state index in [2.05, 4.69) is 19.2 Å². The van der Waals surface area contributed by atoms with Crippen LogP contribution in [0.3, 0.4) is 0 Å². The summed E-state index contributed by atoms with van der Waals surface area (Å²) in [6.07, 6.45) is 2.91. The molecule has 0 bridgehead atoms. The van der Waals surface area contributed by atoms with Gasteiger partial charge < -0.3 is 15.1 Å². The van der Waals surface area contributed by atoms with Gasteiger partial charge in [0.2, 0.25) is 11.8 Å². The summed E-state index contributed by atoms with van der Waals surface area (Å²) in [4.78, 5) is 27.8. The molecule has 0 spiro atoms. The van der Waals surface area contributed by atoms with Crippen LogP contribution in [0.25, 0.3) is 0 Å². The monoisotopic (exact) mass is 267 g/mol. The first-order valence-electron chi connectivity index (χ1n) is 7.42. The Morgan fingerprint density at radius 1 is 1.42 bits per heavy atom. The molecule has 2 aliphatic heterocycles. The van der Waals surface area contributed by atoms with Crippen LogP contribution < -0.4 is 5.32 Å². The summed E-state index contributed by atoms with van der Waals surface area (Å²) in [6, 6.07) is -0.169. The van der Waals surface area contributed by atoms with Crippen molar-refractivity contribution in [1.29, 1.82) is 0 Å². The van der Waals surface area contributed by atoms with E-state index in [1.807, 2.05) is 0 Å². The van der Waals surface area contributed by atoms with Crippen LogP contribution in [-0.4, -0.2) is 60.4 Å². The third kappa shape index (κ3) is 3.26. The van der Waals surface area contributed by atoms with Crippen LogP contribution in [-0.2, 0) is 9.59 Å². The van der Waals surface area contributed by atoms with Gasteiger partial charge in [-0.05, 0) is 38.3 Å². The molecule has 5 nitrogen and oxygen atoms in total. The van der Waals surface area contributed by atoms with Gasteiger partial charge >= 0.3 is 0 Å². The molecule has 2 saturated heterocycles. The Hall–Kier alpha value is -1.10. The molecule has 2 unspecified atom stereocenters. The molecule has 2 aliphatic rings. The molecule has 2 heterocycles. The van der Waals surface area contributed by atoms with Crippen molar-refractivity contribution in [2.24, 2.45) is 5.92 Å². The van der Waals surface area contributed by atoms with Gasteiger partial charge in [-0.25, -0.2) is 0 Å². The number of carbonyl (C=O) groups excluding carboxylic acids is 2. The molecule has 2 amide bonds. The molecule has 5 heteroatoms. The number of fused-ring (bicyclic) bond motifs is 1. The fourth-order valence-corrected chi connectivity index (χ4v) is 2.99. The quantitative estimate of drug-likeness (QED) is 0.711. The van der Waals surface area contributed by atoms with E-state index in [-0.39, 0.29) is 24.4 Å². The summed E-state index contributed by atoms with van der Waals surface area (Å²) >= 11 is 0. The van der Waals surface area contributed by atoms with Gasteiger partial charge in [0.25, 0.3) is 0 Å². The number of hydrogen-bond donors (Lipinski definition) is 1. The molecule has 2 atom stereocenters. The van der Waals surface area contributed by atoms with Crippen LogP contribution in [0.2, 0.25) is 0 Å². The molecule has 2 fully saturated rings. The first-order valence-corrected chi connectivity index (χ1v) is 7.42. The molecule has 19 heavy (non-hydrogen) atoms.